The van der Waals surface area contributed by atoms with Gasteiger partial charge < -0.3 is 4.42 Å². The average molecular weight is 658 g/mol. The summed E-state index contributed by atoms with van der Waals surface area (Å²) in [6, 6.07) is 56.9. The molecule has 0 saturated heterocycles. The smallest absolute Gasteiger partial charge is 0.164 e. The van der Waals surface area contributed by atoms with Crippen LogP contribution >= 0.6 is 11.3 Å². The zero-order chi connectivity index (χ0) is 33.0. The first-order valence-corrected chi connectivity index (χ1v) is 17.4. The number of furan rings is 1. The minimum absolute atomic E-state index is 0.615. The Morgan fingerprint density at radius 2 is 0.920 bits per heavy atom. The second-order valence-electron chi connectivity index (χ2n) is 12.4. The molecule has 3 aromatic heterocycles. The highest BCUT2D eigenvalue weighted by molar-refractivity contribution is 7.25. The molecule has 0 spiro atoms. The van der Waals surface area contributed by atoms with Crippen molar-refractivity contribution in [2.45, 2.75) is 0 Å². The molecule has 4 nitrogen and oxygen atoms in total. The van der Waals surface area contributed by atoms with E-state index in [-0.39, 0.29) is 0 Å². The van der Waals surface area contributed by atoms with Gasteiger partial charge >= 0.3 is 0 Å². The summed E-state index contributed by atoms with van der Waals surface area (Å²) in [5, 5.41) is 4.58. The Bertz CT molecular complexity index is 2860. The van der Waals surface area contributed by atoms with Crippen molar-refractivity contribution in [3.8, 4) is 56.4 Å². The third-order valence-corrected chi connectivity index (χ3v) is 10.5. The molecular formula is C45H27N3OS. The standard InChI is InChI=1S/C45H27N3OS/c1-4-12-28(13-5-1)33-25-36(29-14-6-2-7-15-29)42-38(26-33)37-24-31(21-23-39(37)49-42)44-46-43(30-16-8-3-9-17-30)47-45(48-44)32-20-22-35-34-18-10-11-19-40(34)50-41(35)27-32/h1-27H. The Morgan fingerprint density at radius 1 is 0.360 bits per heavy atom. The first kappa shape index (κ1) is 28.6. The van der Waals surface area contributed by atoms with Crippen molar-refractivity contribution in [3.05, 3.63) is 164 Å². The Labute approximate surface area is 292 Å². The number of hydrogen-bond donors (Lipinski definition) is 0. The van der Waals surface area contributed by atoms with Gasteiger partial charge in [-0.05, 0) is 59.2 Å². The van der Waals surface area contributed by atoms with Crippen LogP contribution in [0, 0.1) is 0 Å². The highest BCUT2D eigenvalue weighted by atomic mass is 32.1. The molecule has 0 aliphatic heterocycles. The molecule has 234 valence electrons. The lowest BCUT2D eigenvalue weighted by Gasteiger charge is -2.09. The minimum atomic E-state index is 0.615. The number of nitrogens with zero attached hydrogens (tertiary/aromatic N) is 3. The van der Waals surface area contributed by atoms with Gasteiger partial charge in [-0.1, -0.05) is 121 Å². The fourth-order valence-corrected chi connectivity index (χ4v) is 8.01. The lowest BCUT2D eigenvalue weighted by Crippen LogP contribution is -2.00. The van der Waals surface area contributed by atoms with Gasteiger partial charge in [0.05, 0.1) is 0 Å². The van der Waals surface area contributed by atoms with E-state index in [0.717, 1.165) is 60.9 Å². The van der Waals surface area contributed by atoms with Crippen LogP contribution in [0.3, 0.4) is 0 Å². The predicted molar refractivity (Wildman–Crippen MR) is 207 cm³/mol. The normalized spacial score (nSPS) is 11.6. The van der Waals surface area contributed by atoms with Crippen LogP contribution in [0.15, 0.2) is 168 Å². The predicted octanol–water partition coefficient (Wildman–Crippen LogP) is 12.5. The fraction of sp³-hybridized carbons (Fsp3) is 0. The number of rotatable bonds is 5. The van der Waals surface area contributed by atoms with Crippen molar-refractivity contribution in [1.29, 1.82) is 0 Å². The molecule has 0 fully saturated rings. The molecule has 0 aliphatic rings. The number of aromatic nitrogens is 3. The molecule has 5 heteroatoms. The quantitative estimate of drug-likeness (QED) is 0.185. The van der Waals surface area contributed by atoms with Crippen LogP contribution in [0.1, 0.15) is 0 Å². The molecule has 0 bridgehead atoms. The minimum Gasteiger partial charge on any atom is -0.455 e. The lowest BCUT2D eigenvalue weighted by molar-refractivity contribution is 0.670. The fourth-order valence-electron chi connectivity index (χ4n) is 6.86. The van der Waals surface area contributed by atoms with E-state index in [1.165, 1.54) is 20.2 Å². The van der Waals surface area contributed by atoms with Gasteiger partial charge in [0.25, 0.3) is 0 Å². The Balaban J connectivity index is 1.18. The third-order valence-electron chi connectivity index (χ3n) is 9.33. The first-order chi connectivity index (χ1) is 24.7. The van der Waals surface area contributed by atoms with Gasteiger partial charge in [0.15, 0.2) is 17.5 Å². The summed E-state index contributed by atoms with van der Waals surface area (Å²) >= 11 is 1.79. The van der Waals surface area contributed by atoms with Crippen LogP contribution in [0.2, 0.25) is 0 Å². The molecule has 0 aliphatic carbocycles. The molecule has 3 heterocycles. The highest BCUT2D eigenvalue weighted by Crippen LogP contribution is 2.41. The summed E-state index contributed by atoms with van der Waals surface area (Å²) in [5.41, 5.74) is 8.94. The molecule has 0 atom stereocenters. The van der Waals surface area contributed by atoms with E-state index in [0.29, 0.717) is 17.5 Å². The largest absolute Gasteiger partial charge is 0.455 e. The van der Waals surface area contributed by atoms with Crippen LogP contribution in [-0.2, 0) is 0 Å². The van der Waals surface area contributed by atoms with E-state index in [1.54, 1.807) is 11.3 Å². The van der Waals surface area contributed by atoms with E-state index in [4.69, 9.17) is 19.4 Å². The van der Waals surface area contributed by atoms with Crippen molar-refractivity contribution in [2.75, 3.05) is 0 Å². The molecule has 7 aromatic carbocycles. The van der Waals surface area contributed by atoms with Gasteiger partial charge in [0, 0.05) is 53.2 Å². The molecule has 0 N–H and O–H groups in total. The maximum Gasteiger partial charge on any atom is 0.164 e. The van der Waals surface area contributed by atoms with E-state index >= 15 is 0 Å². The molecular weight excluding hydrogens is 631 g/mol. The van der Waals surface area contributed by atoms with Crippen LogP contribution in [0.25, 0.3) is 98.5 Å². The van der Waals surface area contributed by atoms with Crippen molar-refractivity contribution < 1.29 is 4.42 Å². The van der Waals surface area contributed by atoms with Crippen molar-refractivity contribution in [3.63, 3.8) is 0 Å². The monoisotopic (exact) mass is 657 g/mol. The summed E-state index contributed by atoms with van der Waals surface area (Å²) in [7, 11) is 0. The maximum absolute atomic E-state index is 6.62. The number of thiophene rings is 1. The zero-order valence-electron chi connectivity index (χ0n) is 26.7. The van der Waals surface area contributed by atoms with E-state index in [1.807, 2.05) is 54.6 Å². The Kier molecular flexibility index (Phi) is 6.64. The van der Waals surface area contributed by atoms with Crippen molar-refractivity contribution >= 4 is 53.4 Å². The van der Waals surface area contributed by atoms with Crippen molar-refractivity contribution in [2.24, 2.45) is 0 Å². The molecule has 0 unspecified atom stereocenters. The highest BCUT2D eigenvalue weighted by Gasteiger charge is 2.18. The number of benzene rings is 7. The third kappa shape index (κ3) is 4.87. The summed E-state index contributed by atoms with van der Waals surface area (Å²) < 4.78 is 9.10. The summed E-state index contributed by atoms with van der Waals surface area (Å²) in [6.07, 6.45) is 0. The summed E-state index contributed by atoms with van der Waals surface area (Å²) in [6.45, 7) is 0. The SMILES string of the molecule is c1ccc(-c2cc(-c3ccccc3)c3oc4ccc(-c5nc(-c6ccccc6)nc(-c6ccc7c(c6)sc6ccccc67)n5)cc4c3c2)cc1. The summed E-state index contributed by atoms with van der Waals surface area (Å²) in [4.78, 5) is 15.2. The Morgan fingerprint density at radius 3 is 1.66 bits per heavy atom. The van der Waals surface area contributed by atoms with E-state index < -0.39 is 0 Å². The molecule has 10 rings (SSSR count). The van der Waals surface area contributed by atoms with Crippen LogP contribution in [0.5, 0.6) is 0 Å². The lowest BCUT2D eigenvalue weighted by atomic mass is 9.95. The molecule has 50 heavy (non-hydrogen) atoms. The van der Waals surface area contributed by atoms with Crippen LogP contribution < -0.4 is 0 Å². The van der Waals surface area contributed by atoms with Crippen molar-refractivity contribution in [1.82, 2.24) is 15.0 Å². The summed E-state index contributed by atoms with van der Waals surface area (Å²) in [5.74, 6) is 1.89. The van der Waals surface area contributed by atoms with Crippen LogP contribution in [0.4, 0.5) is 0 Å². The van der Waals surface area contributed by atoms with E-state index in [2.05, 4.69) is 109 Å². The second kappa shape index (κ2) is 11.6. The first-order valence-electron chi connectivity index (χ1n) is 16.6. The van der Waals surface area contributed by atoms with Gasteiger partial charge in [-0.15, -0.1) is 11.3 Å². The topological polar surface area (TPSA) is 51.8 Å². The average Bonchev–Trinajstić information content (AvgIpc) is 3.76. The number of hydrogen-bond acceptors (Lipinski definition) is 5. The zero-order valence-corrected chi connectivity index (χ0v) is 27.6. The molecule has 0 amide bonds. The van der Waals surface area contributed by atoms with Gasteiger partial charge in [0.1, 0.15) is 11.2 Å². The van der Waals surface area contributed by atoms with E-state index in [9.17, 15) is 0 Å². The van der Waals surface area contributed by atoms with Crippen LogP contribution in [-0.4, -0.2) is 15.0 Å². The molecule has 10 aromatic rings. The second-order valence-corrected chi connectivity index (χ2v) is 13.5. The molecule has 0 saturated carbocycles. The number of fused-ring (bicyclic) bond motifs is 6. The Hall–Kier alpha value is -6.43. The maximum atomic E-state index is 6.62. The molecule has 0 radical (unpaired) electrons. The van der Waals surface area contributed by atoms with Gasteiger partial charge in [-0.2, -0.15) is 0 Å². The van der Waals surface area contributed by atoms with Gasteiger partial charge in [-0.3, -0.25) is 0 Å². The van der Waals surface area contributed by atoms with Gasteiger partial charge in [0.2, 0.25) is 0 Å². The van der Waals surface area contributed by atoms with Gasteiger partial charge in [-0.25, -0.2) is 15.0 Å².